The van der Waals surface area contributed by atoms with Gasteiger partial charge in [0.05, 0.1) is 18.3 Å². The maximum atomic E-state index is 13.1. The molecule has 8 heteroatoms. The van der Waals surface area contributed by atoms with Crippen LogP contribution in [0.5, 0.6) is 5.75 Å². The molecule has 1 amide bonds. The van der Waals surface area contributed by atoms with Gasteiger partial charge in [-0.15, -0.1) is 0 Å². The summed E-state index contributed by atoms with van der Waals surface area (Å²) < 4.78 is 5.89. The van der Waals surface area contributed by atoms with Gasteiger partial charge in [0.1, 0.15) is 18.2 Å². The van der Waals surface area contributed by atoms with Gasteiger partial charge in [-0.05, 0) is 57.0 Å². The fourth-order valence-electron chi connectivity index (χ4n) is 4.64. The van der Waals surface area contributed by atoms with Crippen LogP contribution >= 0.6 is 0 Å². The molecular weight excluding hydrogens is 406 g/mol. The number of anilines is 1. The van der Waals surface area contributed by atoms with Crippen molar-refractivity contribution in [3.63, 3.8) is 0 Å². The Hall–Kier alpha value is -2.71. The third-order valence-corrected chi connectivity index (χ3v) is 6.26. The largest absolute Gasteiger partial charge is 0.492 e. The highest BCUT2D eigenvalue weighted by molar-refractivity contribution is 5.94. The summed E-state index contributed by atoms with van der Waals surface area (Å²) in [7, 11) is 1.74. The third kappa shape index (κ3) is 5.75. The highest BCUT2D eigenvalue weighted by atomic mass is 16.5. The molecule has 1 atom stereocenters. The van der Waals surface area contributed by atoms with E-state index in [1.807, 2.05) is 17.0 Å². The van der Waals surface area contributed by atoms with Gasteiger partial charge in [0.2, 0.25) is 0 Å². The number of piperidine rings is 1. The van der Waals surface area contributed by atoms with Gasteiger partial charge in [-0.2, -0.15) is 0 Å². The average Bonchev–Trinajstić information content (AvgIpc) is 3.33. The molecule has 2 aliphatic heterocycles. The Labute approximate surface area is 189 Å². The molecule has 2 fully saturated rings. The lowest BCUT2D eigenvalue weighted by Gasteiger charge is -2.41. The maximum absolute atomic E-state index is 13.1. The number of hydrogen-bond donors (Lipinski definition) is 1. The van der Waals surface area contributed by atoms with Crippen LogP contribution in [0.2, 0.25) is 0 Å². The zero-order chi connectivity index (χ0) is 22.4. The molecule has 2 aliphatic rings. The van der Waals surface area contributed by atoms with Crippen molar-refractivity contribution in [3.05, 3.63) is 48.4 Å². The highest BCUT2D eigenvalue weighted by Crippen LogP contribution is 2.26. The number of benzene rings is 1. The second kappa shape index (κ2) is 10.3. The Balaban J connectivity index is 1.33. The van der Waals surface area contributed by atoms with E-state index in [9.17, 15) is 9.90 Å². The summed E-state index contributed by atoms with van der Waals surface area (Å²) in [6, 6.07) is 7.31. The molecule has 0 spiro atoms. The predicted octanol–water partition coefficient (Wildman–Crippen LogP) is 2.05. The monoisotopic (exact) mass is 439 g/mol. The Kier molecular flexibility index (Phi) is 7.22. The number of aromatic nitrogens is 2. The van der Waals surface area contributed by atoms with E-state index in [0.29, 0.717) is 30.9 Å². The smallest absolute Gasteiger partial charge is 0.253 e. The predicted molar refractivity (Wildman–Crippen MR) is 123 cm³/mol. The molecule has 0 aliphatic carbocycles. The van der Waals surface area contributed by atoms with Crippen molar-refractivity contribution in [1.82, 2.24) is 19.8 Å². The normalized spacial score (nSPS) is 21.5. The number of rotatable bonds is 8. The maximum Gasteiger partial charge on any atom is 0.253 e. The van der Waals surface area contributed by atoms with Crippen LogP contribution in [0.25, 0.3) is 0 Å². The van der Waals surface area contributed by atoms with Crippen LogP contribution < -0.4 is 9.64 Å². The molecule has 1 aromatic heterocycles. The lowest BCUT2D eigenvalue weighted by molar-refractivity contribution is -0.000150. The van der Waals surface area contributed by atoms with Crippen LogP contribution in [0, 0.1) is 0 Å². The molecule has 32 heavy (non-hydrogen) atoms. The summed E-state index contributed by atoms with van der Waals surface area (Å²) in [4.78, 5) is 27.6. The number of carbonyl (C=O) groups excluding carboxylic acids is 1. The Morgan fingerprint density at radius 3 is 2.84 bits per heavy atom. The van der Waals surface area contributed by atoms with E-state index in [1.54, 1.807) is 42.7 Å². The van der Waals surface area contributed by atoms with E-state index in [-0.39, 0.29) is 12.5 Å². The van der Waals surface area contributed by atoms with E-state index < -0.39 is 5.60 Å². The summed E-state index contributed by atoms with van der Waals surface area (Å²) in [5.41, 5.74) is -0.430. The minimum absolute atomic E-state index is 0.125. The molecule has 2 aromatic rings. The average molecular weight is 440 g/mol. The summed E-state index contributed by atoms with van der Waals surface area (Å²) in [5.74, 6) is 1.33. The Morgan fingerprint density at radius 1 is 1.22 bits per heavy atom. The molecule has 1 N–H and O–H groups in total. The van der Waals surface area contributed by atoms with Crippen molar-refractivity contribution >= 4 is 11.7 Å². The summed E-state index contributed by atoms with van der Waals surface area (Å²) in [5, 5.41) is 11.2. The number of nitrogens with zero attached hydrogens (tertiary/aromatic N) is 5. The third-order valence-electron chi connectivity index (χ3n) is 6.26. The number of ether oxygens (including phenoxy) is 1. The number of likely N-dealkylation sites (N-methyl/N-ethyl adjacent to an activating group) is 1. The van der Waals surface area contributed by atoms with Crippen LogP contribution in [0.4, 0.5) is 5.82 Å². The fraction of sp³-hybridized carbons (Fsp3) is 0.542. The van der Waals surface area contributed by atoms with Gasteiger partial charge in [-0.25, -0.2) is 4.98 Å². The van der Waals surface area contributed by atoms with Crippen molar-refractivity contribution in [2.45, 2.75) is 31.3 Å². The lowest BCUT2D eigenvalue weighted by Crippen LogP contribution is -2.54. The first kappa shape index (κ1) is 22.5. The second-order valence-corrected chi connectivity index (χ2v) is 8.90. The molecule has 8 nitrogen and oxygen atoms in total. The standard InChI is InChI=1S/C24H33N5O3/c1-27(18-24(31)8-5-13-29(19-24)22-17-25-9-10-26-22)23(30)20-6-4-7-21(16-20)32-15-14-28-11-2-3-12-28/h4,6-7,9-10,16-17,31H,2-3,5,8,11-15,18-19H2,1H3. The van der Waals surface area contributed by atoms with Gasteiger partial charge in [-0.1, -0.05) is 6.07 Å². The fourth-order valence-corrected chi connectivity index (χ4v) is 4.64. The van der Waals surface area contributed by atoms with Crippen molar-refractivity contribution < 1.29 is 14.6 Å². The van der Waals surface area contributed by atoms with Crippen LogP contribution in [0.1, 0.15) is 36.0 Å². The minimum Gasteiger partial charge on any atom is -0.492 e. The van der Waals surface area contributed by atoms with Crippen molar-refractivity contribution in [2.75, 3.05) is 57.8 Å². The van der Waals surface area contributed by atoms with Gasteiger partial charge in [0, 0.05) is 44.6 Å². The summed E-state index contributed by atoms with van der Waals surface area (Å²) in [6.45, 7) is 5.30. The van der Waals surface area contributed by atoms with Crippen LogP contribution in [0.15, 0.2) is 42.9 Å². The van der Waals surface area contributed by atoms with E-state index in [1.165, 1.54) is 12.8 Å². The number of likely N-dealkylation sites (tertiary alicyclic amines) is 1. The van der Waals surface area contributed by atoms with E-state index in [2.05, 4.69) is 14.9 Å². The zero-order valence-corrected chi connectivity index (χ0v) is 18.8. The van der Waals surface area contributed by atoms with E-state index >= 15 is 0 Å². The topological polar surface area (TPSA) is 82.0 Å². The molecule has 1 aromatic carbocycles. The van der Waals surface area contributed by atoms with Gasteiger partial charge in [-0.3, -0.25) is 14.7 Å². The molecule has 1 unspecified atom stereocenters. The highest BCUT2D eigenvalue weighted by Gasteiger charge is 2.36. The Bertz CT molecular complexity index is 890. The van der Waals surface area contributed by atoms with Crippen LogP contribution in [-0.4, -0.2) is 89.3 Å². The Morgan fingerprint density at radius 2 is 2.06 bits per heavy atom. The number of β-amino-alcohol motifs (C(OH)–C–C–N with tert-alkyl or cyclic N) is 1. The molecule has 0 radical (unpaired) electrons. The second-order valence-electron chi connectivity index (χ2n) is 8.90. The number of hydrogen-bond acceptors (Lipinski definition) is 7. The molecule has 3 heterocycles. The van der Waals surface area contributed by atoms with Crippen molar-refractivity contribution in [2.24, 2.45) is 0 Å². The first-order valence-electron chi connectivity index (χ1n) is 11.5. The summed E-state index contributed by atoms with van der Waals surface area (Å²) >= 11 is 0. The number of amides is 1. The minimum atomic E-state index is -0.996. The quantitative estimate of drug-likeness (QED) is 0.674. The molecule has 4 rings (SSSR count). The summed E-state index contributed by atoms with van der Waals surface area (Å²) in [6.07, 6.45) is 8.99. The van der Waals surface area contributed by atoms with Crippen molar-refractivity contribution in [3.8, 4) is 5.75 Å². The SMILES string of the molecule is CN(CC1(O)CCCN(c2cnccn2)C1)C(=O)c1cccc(OCCN2CCCC2)c1. The van der Waals surface area contributed by atoms with Gasteiger partial charge in [0.15, 0.2) is 0 Å². The first-order chi connectivity index (χ1) is 15.5. The lowest BCUT2D eigenvalue weighted by atomic mass is 9.92. The van der Waals surface area contributed by atoms with Gasteiger partial charge >= 0.3 is 0 Å². The molecule has 0 saturated carbocycles. The molecule has 0 bridgehead atoms. The van der Waals surface area contributed by atoms with E-state index in [0.717, 1.165) is 38.4 Å². The molecule has 172 valence electrons. The first-order valence-corrected chi connectivity index (χ1v) is 11.5. The van der Waals surface area contributed by atoms with Crippen LogP contribution in [0.3, 0.4) is 0 Å². The van der Waals surface area contributed by atoms with E-state index in [4.69, 9.17) is 4.74 Å². The number of carbonyl (C=O) groups is 1. The van der Waals surface area contributed by atoms with Gasteiger partial charge < -0.3 is 19.6 Å². The van der Waals surface area contributed by atoms with Gasteiger partial charge in [0.25, 0.3) is 5.91 Å². The molecule has 2 saturated heterocycles. The number of aliphatic hydroxyl groups is 1. The van der Waals surface area contributed by atoms with Crippen LogP contribution in [-0.2, 0) is 0 Å². The van der Waals surface area contributed by atoms with Crippen molar-refractivity contribution in [1.29, 1.82) is 0 Å². The zero-order valence-electron chi connectivity index (χ0n) is 18.8. The molecular formula is C24H33N5O3.